The maximum absolute atomic E-state index is 11.7. The summed E-state index contributed by atoms with van der Waals surface area (Å²) < 4.78 is 0. The van der Waals surface area contributed by atoms with Crippen LogP contribution in [-0.4, -0.2) is 46.9 Å². The fourth-order valence-corrected chi connectivity index (χ4v) is 1.13. The minimum absolute atomic E-state index is 0.102. The van der Waals surface area contributed by atoms with E-state index in [2.05, 4.69) is 11.2 Å². The standard InChI is InChI=1S/C10H14N2O4/c1-4-5-12(6-9(14)15)10(16)7(2)11-8(3)13/h1,7H,5-6H2,2-3H3,(H,11,13)(H,14,15). The Balaban J connectivity index is 4.54. The summed E-state index contributed by atoms with van der Waals surface area (Å²) in [5.74, 6) is 0.155. The van der Waals surface area contributed by atoms with E-state index >= 15 is 0 Å². The van der Waals surface area contributed by atoms with E-state index in [1.165, 1.54) is 13.8 Å². The predicted octanol–water partition coefficient (Wildman–Crippen LogP) is -0.943. The van der Waals surface area contributed by atoms with Gasteiger partial charge in [0.2, 0.25) is 11.8 Å². The number of terminal acetylenes is 1. The van der Waals surface area contributed by atoms with Crippen molar-refractivity contribution in [2.75, 3.05) is 13.1 Å². The van der Waals surface area contributed by atoms with Crippen LogP contribution in [0.5, 0.6) is 0 Å². The third-order valence-corrected chi connectivity index (χ3v) is 1.71. The van der Waals surface area contributed by atoms with Gasteiger partial charge in [-0.05, 0) is 6.92 Å². The summed E-state index contributed by atoms with van der Waals surface area (Å²) in [6.45, 7) is 2.16. The molecule has 0 saturated carbocycles. The summed E-state index contributed by atoms with van der Waals surface area (Å²) in [6, 6.07) is -0.787. The number of rotatable bonds is 5. The zero-order chi connectivity index (χ0) is 12.7. The first-order chi connectivity index (χ1) is 7.38. The highest BCUT2D eigenvalue weighted by Gasteiger charge is 2.22. The van der Waals surface area contributed by atoms with Gasteiger partial charge in [-0.2, -0.15) is 0 Å². The Labute approximate surface area is 93.6 Å². The Kier molecular flexibility index (Phi) is 5.63. The Morgan fingerprint density at radius 2 is 2.06 bits per heavy atom. The Bertz CT molecular complexity index is 332. The molecule has 2 N–H and O–H groups in total. The van der Waals surface area contributed by atoms with Crippen LogP contribution in [0.25, 0.3) is 0 Å². The van der Waals surface area contributed by atoms with E-state index < -0.39 is 24.5 Å². The van der Waals surface area contributed by atoms with Gasteiger partial charge in [-0.3, -0.25) is 14.4 Å². The molecule has 6 heteroatoms. The number of hydrogen-bond donors (Lipinski definition) is 2. The first kappa shape index (κ1) is 14.0. The SMILES string of the molecule is C#CCN(CC(=O)O)C(=O)C(C)NC(C)=O. The molecule has 0 saturated heterocycles. The molecule has 16 heavy (non-hydrogen) atoms. The normalized spacial score (nSPS) is 11.1. The molecule has 0 heterocycles. The number of nitrogens with one attached hydrogen (secondary N) is 1. The van der Waals surface area contributed by atoms with Crippen molar-refractivity contribution in [2.24, 2.45) is 0 Å². The van der Waals surface area contributed by atoms with Gasteiger partial charge in [-0.1, -0.05) is 5.92 Å². The van der Waals surface area contributed by atoms with Gasteiger partial charge in [0, 0.05) is 6.92 Å². The first-order valence-electron chi connectivity index (χ1n) is 4.59. The largest absolute Gasteiger partial charge is 0.480 e. The van der Waals surface area contributed by atoms with E-state index in [1.807, 2.05) is 0 Å². The molecule has 0 aliphatic heterocycles. The van der Waals surface area contributed by atoms with Gasteiger partial charge in [-0.25, -0.2) is 0 Å². The van der Waals surface area contributed by atoms with Crippen molar-refractivity contribution in [2.45, 2.75) is 19.9 Å². The molecule has 1 atom stereocenters. The molecule has 88 valence electrons. The summed E-state index contributed by atoms with van der Waals surface area (Å²) in [6.07, 6.45) is 5.02. The smallest absolute Gasteiger partial charge is 0.323 e. The summed E-state index contributed by atoms with van der Waals surface area (Å²) in [7, 11) is 0. The Morgan fingerprint density at radius 1 is 1.50 bits per heavy atom. The molecule has 0 radical (unpaired) electrons. The van der Waals surface area contributed by atoms with Crippen LogP contribution in [0.15, 0.2) is 0 Å². The van der Waals surface area contributed by atoms with E-state index in [0.29, 0.717) is 0 Å². The van der Waals surface area contributed by atoms with Gasteiger partial charge >= 0.3 is 5.97 Å². The van der Waals surface area contributed by atoms with Crippen LogP contribution in [0.3, 0.4) is 0 Å². The zero-order valence-electron chi connectivity index (χ0n) is 9.19. The average molecular weight is 226 g/mol. The van der Waals surface area contributed by atoms with Crippen molar-refractivity contribution in [1.29, 1.82) is 0 Å². The molecule has 0 aromatic carbocycles. The van der Waals surface area contributed by atoms with Gasteiger partial charge in [0.25, 0.3) is 0 Å². The van der Waals surface area contributed by atoms with Gasteiger partial charge < -0.3 is 15.3 Å². The number of carbonyl (C=O) groups excluding carboxylic acids is 2. The van der Waals surface area contributed by atoms with E-state index in [9.17, 15) is 14.4 Å². The van der Waals surface area contributed by atoms with Gasteiger partial charge in [0.1, 0.15) is 12.6 Å². The topological polar surface area (TPSA) is 86.7 Å². The van der Waals surface area contributed by atoms with Crippen LogP contribution in [0.2, 0.25) is 0 Å². The molecule has 0 aromatic rings. The molecule has 0 bridgehead atoms. The van der Waals surface area contributed by atoms with E-state index in [1.54, 1.807) is 0 Å². The summed E-state index contributed by atoms with van der Waals surface area (Å²) >= 11 is 0. The van der Waals surface area contributed by atoms with Crippen molar-refractivity contribution in [3.05, 3.63) is 0 Å². The number of aliphatic carboxylic acids is 1. The lowest BCUT2D eigenvalue weighted by Crippen LogP contribution is -2.48. The number of amides is 2. The second-order valence-corrected chi connectivity index (χ2v) is 3.21. The minimum atomic E-state index is -1.15. The first-order valence-corrected chi connectivity index (χ1v) is 4.59. The van der Waals surface area contributed by atoms with Crippen molar-refractivity contribution in [3.8, 4) is 12.3 Å². The van der Waals surface area contributed by atoms with Crippen LogP contribution >= 0.6 is 0 Å². The predicted molar refractivity (Wildman–Crippen MR) is 56.3 cm³/mol. The van der Waals surface area contributed by atoms with Crippen LogP contribution in [0.4, 0.5) is 0 Å². The number of carboxylic acids is 1. The zero-order valence-corrected chi connectivity index (χ0v) is 9.19. The van der Waals surface area contributed by atoms with E-state index in [-0.39, 0.29) is 12.5 Å². The summed E-state index contributed by atoms with van der Waals surface area (Å²) in [5, 5.41) is 10.9. The van der Waals surface area contributed by atoms with Crippen LogP contribution < -0.4 is 5.32 Å². The molecule has 2 amide bonds. The van der Waals surface area contributed by atoms with Crippen molar-refractivity contribution >= 4 is 17.8 Å². The highest BCUT2D eigenvalue weighted by Crippen LogP contribution is 1.95. The molecule has 0 rings (SSSR count). The van der Waals surface area contributed by atoms with E-state index in [0.717, 1.165) is 4.90 Å². The molecule has 0 aliphatic carbocycles. The molecule has 1 unspecified atom stereocenters. The number of nitrogens with zero attached hydrogens (tertiary/aromatic N) is 1. The van der Waals surface area contributed by atoms with Gasteiger partial charge in [0.05, 0.1) is 6.54 Å². The summed E-state index contributed by atoms with van der Waals surface area (Å²) in [4.78, 5) is 33.9. The minimum Gasteiger partial charge on any atom is -0.480 e. The highest BCUT2D eigenvalue weighted by atomic mass is 16.4. The van der Waals surface area contributed by atoms with E-state index in [4.69, 9.17) is 11.5 Å². The van der Waals surface area contributed by atoms with Gasteiger partial charge in [0.15, 0.2) is 0 Å². The maximum Gasteiger partial charge on any atom is 0.323 e. The highest BCUT2D eigenvalue weighted by molar-refractivity contribution is 5.88. The monoisotopic (exact) mass is 226 g/mol. The number of hydrogen-bond acceptors (Lipinski definition) is 3. The van der Waals surface area contributed by atoms with Crippen LogP contribution in [0, 0.1) is 12.3 Å². The third-order valence-electron chi connectivity index (χ3n) is 1.71. The molecule has 0 aliphatic rings. The van der Waals surface area contributed by atoms with Gasteiger partial charge in [-0.15, -0.1) is 6.42 Å². The Morgan fingerprint density at radius 3 is 2.44 bits per heavy atom. The van der Waals surface area contributed by atoms with Crippen molar-refractivity contribution < 1.29 is 19.5 Å². The summed E-state index contributed by atoms with van der Waals surface area (Å²) in [5.41, 5.74) is 0. The maximum atomic E-state index is 11.7. The fraction of sp³-hybridized carbons (Fsp3) is 0.500. The Hall–Kier alpha value is -2.03. The lowest BCUT2D eigenvalue weighted by molar-refractivity contribution is -0.145. The molecule has 0 aromatic heterocycles. The van der Waals surface area contributed by atoms with Crippen LogP contribution in [0.1, 0.15) is 13.8 Å². The molecular weight excluding hydrogens is 212 g/mol. The van der Waals surface area contributed by atoms with Crippen molar-refractivity contribution in [3.63, 3.8) is 0 Å². The molecular formula is C10H14N2O4. The van der Waals surface area contributed by atoms with Crippen molar-refractivity contribution in [1.82, 2.24) is 10.2 Å². The average Bonchev–Trinajstić information content (AvgIpc) is 2.14. The quantitative estimate of drug-likeness (QED) is 0.592. The second kappa shape index (κ2) is 6.45. The number of carboxylic acid groups (broad SMARTS) is 1. The number of carbonyl (C=O) groups is 3. The lowest BCUT2D eigenvalue weighted by Gasteiger charge is -2.22. The molecule has 6 nitrogen and oxygen atoms in total. The van der Waals surface area contributed by atoms with Crippen LogP contribution in [-0.2, 0) is 14.4 Å². The second-order valence-electron chi connectivity index (χ2n) is 3.21. The lowest BCUT2D eigenvalue weighted by atomic mass is 10.2. The molecule has 0 spiro atoms. The fourth-order valence-electron chi connectivity index (χ4n) is 1.13. The third kappa shape index (κ3) is 5.00. The molecule has 0 fully saturated rings.